The molecule has 0 fully saturated rings. The Morgan fingerprint density at radius 1 is 1.09 bits per heavy atom. The van der Waals surface area contributed by atoms with Crippen molar-refractivity contribution >= 4 is 11.8 Å². The first-order valence-electron chi connectivity index (χ1n) is 10.3. The van der Waals surface area contributed by atoms with Gasteiger partial charge in [-0.25, -0.2) is 9.18 Å². The van der Waals surface area contributed by atoms with E-state index in [-0.39, 0.29) is 34.7 Å². The van der Waals surface area contributed by atoms with E-state index in [2.05, 4.69) is 9.97 Å². The number of aromatic hydroxyl groups is 1. The van der Waals surface area contributed by atoms with Crippen molar-refractivity contribution in [2.75, 3.05) is 0 Å². The van der Waals surface area contributed by atoms with Crippen molar-refractivity contribution < 1.29 is 28.9 Å². The molecule has 0 atom stereocenters. The van der Waals surface area contributed by atoms with Crippen LogP contribution in [0.2, 0.25) is 0 Å². The minimum atomic E-state index is -1.24. The molecule has 0 bridgehead atoms. The van der Waals surface area contributed by atoms with Crippen LogP contribution in [0, 0.1) is 18.2 Å². The average molecular weight is 452 g/mol. The number of aromatic carboxylic acids is 1. The maximum absolute atomic E-state index is 13.7. The third-order valence-corrected chi connectivity index (χ3v) is 4.89. The lowest BCUT2D eigenvalue weighted by Gasteiger charge is -2.18. The van der Waals surface area contributed by atoms with Gasteiger partial charge in [0.25, 0.3) is 0 Å². The van der Waals surface area contributed by atoms with Crippen LogP contribution in [0.5, 0.6) is 11.5 Å². The minimum Gasteiger partial charge on any atom is -0.507 e. The van der Waals surface area contributed by atoms with Crippen molar-refractivity contribution in [1.82, 2.24) is 9.97 Å². The Bertz CT molecular complexity index is 1200. The van der Waals surface area contributed by atoms with Gasteiger partial charge < -0.3 is 14.9 Å². The van der Waals surface area contributed by atoms with Gasteiger partial charge in [-0.15, -0.1) is 0 Å². The van der Waals surface area contributed by atoms with Crippen molar-refractivity contribution in [1.29, 1.82) is 0 Å². The molecule has 2 N–H and O–H groups in total. The second-order valence-corrected chi connectivity index (χ2v) is 8.96. The van der Waals surface area contributed by atoms with Crippen molar-refractivity contribution in [3.05, 3.63) is 70.9 Å². The first kappa shape index (κ1) is 23.8. The standard InChI is InChI=1S/C25H25FN2O5/c1-14-22(6-5-19(23(14)30)21(29)10-25(2,3)4)33-13-18-11-28-20(12-27-18)15-7-16(24(31)32)9-17(26)8-15/h5-9,11-12,30H,10,13H2,1-4H3,(H,31,32). The monoisotopic (exact) mass is 452 g/mol. The number of carboxylic acid groups (broad SMARTS) is 1. The number of benzene rings is 2. The van der Waals surface area contributed by atoms with Crippen LogP contribution in [0.4, 0.5) is 4.39 Å². The molecule has 0 aliphatic heterocycles. The number of carboxylic acids is 1. The van der Waals surface area contributed by atoms with Gasteiger partial charge in [0.2, 0.25) is 0 Å². The highest BCUT2D eigenvalue weighted by atomic mass is 19.1. The summed E-state index contributed by atoms with van der Waals surface area (Å²) in [5.74, 6) is -1.76. The number of halogens is 1. The lowest BCUT2D eigenvalue weighted by molar-refractivity contribution is 0.0696. The number of carbonyl (C=O) groups is 2. The number of rotatable bonds is 7. The highest BCUT2D eigenvalue weighted by molar-refractivity contribution is 5.99. The third-order valence-electron chi connectivity index (χ3n) is 4.89. The lowest BCUT2D eigenvalue weighted by Crippen LogP contribution is -2.13. The summed E-state index contributed by atoms with van der Waals surface area (Å²) >= 11 is 0. The Hall–Kier alpha value is -3.81. The molecule has 7 nitrogen and oxygen atoms in total. The van der Waals surface area contributed by atoms with Crippen molar-refractivity contribution in [3.63, 3.8) is 0 Å². The number of carbonyl (C=O) groups excluding carboxylic acids is 1. The van der Waals surface area contributed by atoms with E-state index in [1.165, 1.54) is 24.5 Å². The Labute approximate surface area is 190 Å². The van der Waals surface area contributed by atoms with E-state index >= 15 is 0 Å². The fourth-order valence-corrected chi connectivity index (χ4v) is 3.23. The second kappa shape index (κ2) is 9.36. The number of ether oxygens (including phenoxy) is 1. The molecule has 1 aromatic heterocycles. The quantitative estimate of drug-likeness (QED) is 0.475. The SMILES string of the molecule is Cc1c(OCc2cnc(-c3cc(F)cc(C(=O)O)c3)cn2)ccc(C(=O)CC(C)(C)C)c1O. The normalized spacial score (nSPS) is 11.3. The van der Waals surface area contributed by atoms with E-state index in [0.717, 1.165) is 6.07 Å². The van der Waals surface area contributed by atoms with Crippen molar-refractivity contribution in [2.45, 2.75) is 40.7 Å². The van der Waals surface area contributed by atoms with E-state index in [0.29, 0.717) is 34.7 Å². The molecule has 0 saturated carbocycles. The molecule has 0 saturated heterocycles. The van der Waals surface area contributed by atoms with Gasteiger partial charge in [0.05, 0.1) is 34.9 Å². The minimum absolute atomic E-state index is 0.0480. The summed E-state index contributed by atoms with van der Waals surface area (Å²) in [5, 5.41) is 19.6. The van der Waals surface area contributed by atoms with Crippen LogP contribution in [-0.4, -0.2) is 31.9 Å². The van der Waals surface area contributed by atoms with Gasteiger partial charge in [-0.1, -0.05) is 20.8 Å². The van der Waals surface area contributed by atoms with Crippen molar-refractivity contribution in [3.8, 4) is 22.8 Å². The highest BCUT2D eigenvalue weighted by Gasteiger charge is 2.21. The number of nitrogens with zero attached hydrogens (tertiary/aromatic N) is 2. The lowest BCUT2D eigenvalue weighted by atomic mass is 9.87. The van der Waals surface area contributed by atoms with Gasteiger partial charge in [-0.2, -0.15) is 0 Å². The van der Waals surface area contributed by atoms with E-state index in [1.807, 2.05) is 20.8 Å². The number of hydrogen-bond donors (Lipinski definition) is 2. The fraction of sp³-hybridized carbons (Fsp3) is 0.280. The molecule has 33 heavy (non-hydrogen) atoms. The van der Waals surface area contributed by atoms with Crippen LogP contribution in [0.15, 0.2) is 42.7 Å². The second-order valence-electron chi connectivity index (χ2n) is 8.96. The summed E-state index contributed by atoms with van der Waals surface area (Å²) in [4.78, 5) is 32.1. The van der Waals surface area contributed by atoms with Crippen LogP contribution in [-0.2, 0) is 6.61 Å². The van der Waals surface area contributed by atoms with E-state index < -0.39 is 11.8 Å². The van der Waals surface area contributed by atoms with Crippen LogP contribution < -0.4 is 4.74 Å². The first-order valence-corrected chi connectivity index (χ1v) is 10.3. The van der Waals surface area contributed by atoms with E-state index in [1.54, 1.807) is 19.1 Å². The predicted octanol–water partition coefficient (Wildman–Crippen LogP) is 5.19. The first-order chi connectivity index (χ1) is 15.4. The molecule has 0 spiro atoms. The molecule has 8 heteroatoms. The molecule has 2 aromatic carbocycles. The van der Waals surface area contributed by atoms with Crippen LogP contribution in [0.3, 0.4) is 0 Å². The van der Waals surface area contributed by atoms with Crippen LogP contribution >= 0.6 is 0 Å². The number of ketones is 1. The van der Waals surface area contributed by atoms with Gasteiger partial charge in [0.15, 0.2) is 5.78 Å². The van der Waals surface area contributed by atoms with E-state index in [4.69, 9.17) is 9.84 Å². The van der Waals surface area contributed by atoms with Gasteiger partial charge in [-0.05, 0) is 42.7 Å². The molecule has 0 aliphatic rings. The molecule has 3 aromatic rings. The average Bonchev–Trinajstić information content (AvgIpc) is 2.73. The molecular formula is C25H25FN2O5. The highest BCUT2D eigenvalue weighted by Crippen LogP contribution is 2.33. The molecule has 0 unspecified atom stereocenters. The molecular weight excluding hydrogens is 427 g/mol. The maximum atomic E-state index is 13.7. The molecule has 0 amide bonds. The largest absolute Gasteiger partial charge is 0.507 e. The topological polar surface area (TPSA) is 110 Å². The summed E-state index contributed by atoms with van der Waals surface area (Å²) in [6.45, 7) is 7.58. The fourth-order valence-electron chi connectivity index (χ4n) is 3.23. The smallest absolute Gasteiger partial charge is 0.335 e. The summed E-state index contributed by atoms with van der Waals surface area (Å²) in [7, 11) is 0. The maximum Gasteiger partial charge on any atom is 0.335 e. The van der Waals surface area contributed by atoms with Crippen LogP contribution in [0.25, 0.3) is 11.3 Å². The number of phenols is 1. The van der Waals surface area contributed by atoms with Crippen LogP contribution in [0.1, 0.15) is 59.2 Å². The number of hydrogen-bond acceptors (Lipinski definition) is 6. The van der Waals surface area contributed by atoms with Gasteiger partial charge in [-0.3, -0.25) is 14.8 Å². The van der Waals surface area contributed by atoms with Gasteiger partial charge in [0, 0.05) is 17.5 Å². The zero-order chi connectivity index (χ0) is 24.3. The Kier molecular flexibility index (Phi) is 6.76. The third kappa shape index (κ3) is 5.91. The predicted molar refractivity (Wildman–Crippen MR) is 120 cm³/mol. The summed E-state index contributed by atoms with van der Waals surface area (Å²) in [6, 6.07) is 6.61. The molecule has 0 radical (unpaired) electrons. The molecule has 1 heterocycles. The summed E-state index contributed by atoms with van der Waals surface area (Å²) in [5.41, 5.74) is 1.41. The van der Waals surface area contributed by atoms with Gasteiger partial charge in [0.1, 0.15) is 23.9 Å². The Morgan fingerprint density at radius 2 is 1.82 bits per heavy atom. The molecule has 0 aliphatic carbocycles. The van der Waals surface area contributed by atoms with E-state index in [9.17, 15) is 19.1 Å². The summed E-state index contributed by atoms with van der Waals surface area (Å²) < 4.78 is 19.5. The van der Waals surface area contributed by atoms with Crippen molar-refractivity contribution in [2.24, 2.45) is 5.41 Å². The number of phenolic OH excluding ortho intramolecular Hbond substituents is 1. The molecule has 172 valence electrons. The number of aromatic nitrogens is 2. The summed E-state index contributed by atoms with van der Waals surface area (Å²) in [6.07, 6.45) is 3.15. The Balaban J connectivity index is 1.73. The number of Topliss-reactive ketones (excluding diaryl/α,β-unsaturated/α-hetero) is 1. The zero-order valence-corrected chi connectivity index (χ0v) is 18.8. The Morgan fingerprint density at radius 3 is 2.42 bits per heavy atom. The molecule has 3 rings (SSSR count). The zero-order valence-electron chi connectivity index (χ0n) is 18.8. The van der Waals surface area contributed by atoms with Gasteiger partial charge >= 0.3 is 5.97 Å².